The van der Waals surface area contributed by atoms with Crippen LogP contribution in [0.4, 0.5) is 5.69 Å². The van der Waals surface area contributed by atoms with Crippen molar-refractivity contribution in [3.63, 3.8) is 0 Å². The Labute approximate surface area is 111 Å². The smallest absolute Gasteiger partial charge is 0.0950 e. The monoisotopic (exact) mass is 259 g/mol. The van der Waals surface area contributed by atoms with E-state index >= 15 is 0 Å². The van der Waals surface area contributed by atoms with Crippen molar-refractivity contribution in [1.82, 2.24) is 10.2 Å². The summed E-state index contributed by atoms with van der Waals surface area (Å²) in [6.07, 6.45) is 3.30. The average Bonchev–Trinajstić information content (AvgIpc) is 2.49. The van der Waals surface area contributed by atoms with Crippen LogP contribution in [-0.2, 0) is 4.74 Å². The number of nitrogens with one attached hydrogen (secondary N) is 1. The number of aromatic nitrogens is 2. The van der Waals surface area contributed by atoms with Crippen molar-refractivity contribution in [2.75, 3.05) is 25.1 Å². The fourth-order valence-electron chi connectivity index (χ4n) is 2.48. The Morgan fingerprint density at radius 2 is 2.05 bits per heavy atom. The van der Waals surface area contributed by atoms with Gasteiger partial charge in [0.25, 0.3) is 0 Å². The number of hydrogen-bond acceptors (Lipinski definition) is 5. The molecule has 1 aliphatic rings. The zero-order valence-electron chi connectivity index (χ0n) is 10.7. The highest BCUT2D eigenvalue weighted by Gasteiger charge is 2.32. The normalized spacial score (nSPS) is 18.4. The van der Waals surface area contributed by atoms with Gasteiger partial charge in [-0.25, -0.2) is 0 Å². The molecule has 100 valence electrons. The standard InChI is InChI=1S/C14H17N3O2/c18-10-14(5-7-19-8-6-14)16-13-9-15-17-12-4-2-1-3-11(12)13/h1-4,9,18H,5-8,10H2,(H,16,17). The van der Waals surface area contributed by atoms with Gasteiger partial charge in [-0.3, -0.25) is 0 Å². The highest BCUT2D eigenvalue weighted by molar-refractivity contribution is 5.90. The first-order valence-electron chi connectivity index (χ1n) is 6.50. The molecule has 1 saturated heterocycles. The Morgan fingerprint density at radius 3 is 2.84 bits per heavy atom. The van der Waals surface area contributed by atoms with Gasteiger partial charge >= 0.3 is 0 Å². The fourth-order valence-corrected chi connectivity index (χ4v) is 2.48. The van der Waals surface area contributed by atoms with Crippen LogP contribution in [0.3, 0.4) is 0 Å². The predicted molar refractivity (Wildman–Crippen MR) is 73.0 cm³/mol. The molecule has 0 unspecified atom stereocenters. The van der Waals surface area contributed by atoms with Crippen LogP contribution in [0, 0.1) is 0 Å². The first kappa shape index (κ1) is 12.3. The molecular weight excluding hydrogens is 242 g/mol. The topological polar surface area (TPSA) is 67.3 Å². The molecule has 0 saturated carbocycles. The molecule has 2 heterocycles. The van der Waals surface area contributed by atoms with Crippen LogP contribution >= 0.6 is 0 Å². The van der Waals surface area contributed by atoms with E-state index in [4.69, 9.17) is 4.74 Å². The van der Waals surface area contributed by atoms with Crippen LogP contribution in [0.2, 0.25) is 0 Å². The zero-order valence-corrected chi connectivity index (χ0v) is 10.7. The van der Waals surface area contributed by atoms with Gasteiger partial charge in [0.05, 0.1) is 29.5 Å². The summed E-state index contributed by atoms with van der Waals surface area (Å²) in [5.41, 5.74) is 1.46. The third kappa shape index (κ3) is 2.39. The minimum Gasteiger partial charge on any atom is -0.394 e. The van der Waals surface area contributed by atoms with Crippen molar-refractivity contribution in [1.29, 1.82) is 0 Å². The van der Waals surface area contributed by atoms with E-state index in [1.165, 1.54) is 0 Å². The van der Waals surface area contributed by atoms with Crippen LogP contribution in [0.15, 0.2) is 30.5 Å². The van der Waals surface area contributed by atoms with Gasteiger partial charge in [-0.05, 0) is 18.9 Å². The Hall–Kier alpha value is -1.72. The molecule has 1 fully saturated rings. The van der Waals surface area contributed by atoms with E-state index < -0.39 is 0 Å². The molecule has 0 radical (unpaired) electrons. The van der Waals surface area contributed by atoms with Gasteiger partial charge in [-0.2, -0.15) is 10.2 Å². The maximum Gasteiger partial charge on any atom is 0.0950 e. The molecule has 1 aromatic heterocycles. The van der Waals surface area contributed by atoms with Crippen molar-refractivity contribution in [3.05, 3.63) is 30.5 Å². The van der Waals surface area contributed by atoms with Crippen molar-refractivity contribution < 1.29 is 9.84 Å². The lowest BCUT2D eigenvalue weighted by Gasteiger charge is -2.37. The minimum absolute atomic E-state index is 0.0903. The number of ether oxygens (including phenoxy) is 1. The highest BCUT2D eigenvalue weighted by Crippen LogP contribution is 2.28. The van der Waals surface area contributed by atoms with Gasteiger partial charge in [0.1, 0.15) is 0 Å². The molecule has 3 rings (SSSR count). The molecule has 5 nitrogen and oxygen atoms in total. The maximum absolute atomic E-state index is 9.72. The van der Waals surface area contributed by atoms with Gasteiger partial charge < -0.3 is 15.2 Å². The largest absolute Gasteiger partial charge is 0.394 e. The molecule has 0 atom stereocenters. The lowest BCUT2D eigenvalue weighted by Crippen LogP contribution is -2.47. The molecule has 5 heteroatoms. The van der Waals surface area contributed by atoms with E-state index in [1.807, 2.05) is 24.3 Å². The lowest BCUT2D eigenvalue weighted by atomic mass is 9.90. The van der Waals surface area contributed by atoms with E-state index in [0.29, 0.717) is 13.2 Å². The molecule has 0 aliphatic carbocycles. The quantitative estimate of drug-likeness (QED) is 0.876. The summed E-state index contributed by atoms with van der Waals surface area (Å²) in [7, 11) is 0. The van der Waals surface area contributed by atoms with Gasteiger partial charge in [-0.15, -0.1) is 0 Å². The average molecular weight is 259 g/mol. The van der Waals surface area contributed by atoms with Crippen molar-refractivity contribution in [3.8, 4) is 0 Å². The Balaban J connectivity index is 1.96. The summed E-state index contributed by atoms with van der Waals surface area (Å²) in [5.74, 6) is 0. The number of fused-ring (bicyclic) bond motifs is 1. The summed E-state index contributed by atoms with van der Waals surface area (Å²) >= 11 is 0. The molecule has 0 spiro atoms. The molecule has 0 amide bonds. The Morgan fingerprint density at radius 1 is 1.26 bits per heavy atom. The first-order valence-corrected chi connectivity index (χ1v) is 6.50. The second kappa shape index (κ2) is 5.11. The van der Waals surface area contributed by atoms with Crippen LogP contribution in [-0.4, -0.2) is 40.7 Å². The SMILES string of the molecule is OCC1(Nc2cnnc3ccccc23)CCOCC1. The molecule has 0 bridgehead atoms. The van der Waals surface area contributed by atoms with Crippen LogP contribution in [0.5, 0.6) is 0 Å². The van der Waals surface area contributed by atoms with Crippen molar-refractivity contribution in [2.45, 2.75) is 18.4 Å². The van der Waals surface area contributed by atoms with Crippen LogP contribution in [0.25, 0.3) is 10.9 Å². The molecule has 1 aliphatic heterocycles. The Bertz CT molecular complexity index is 562. The Kier molecular flexibility index (Phi) is 3.31. The number of hydrogen-bond donors (Lipinski definition) is 2. The minimum atomic E-state index is -0.315. The summed E-state index contributed by atoms with van der Waals surface area (Å²) in [6, 6.07) is 7.86. The third-order valence-electron chi connectivity index (χ3n) is 3.70. The molecule has 2 N–H and O–H groups in total. The van der Waals surface area contributed by atoms with Crippen LogP contribution in [0.1, 0.15) is 12.8 Å². The second-order valence-electron chi connectivity index (χ2n) is 4.95. The number of nitrogens with zero attached hydrogens (tertiary/aromatic N) is 2. The highest BCUT2D eigenvalue weighted by atomic mass is 16.5. The third-order valence-corrected chi connectivity index (χ3v) is 3.70. The van der Waals surface area contributed by atoms with E-state index in [1.54, 1.807) is 6.20 Å². The summed E-state index contributed by atoms with van der Waals surface area (Å²) < 4.78 is 5.37. The predicted octanol–water partition coefficient (Wildman–Crippen LogP) is 1.58. The zero-order chi connectivity index (χ0) is 13.1. The number of anilines is 1. The molecular formula is C14H17N3O2. The van der Waals surface area contributed by atoms with Gasteiger partial charge in [-0.1, -0.05) is 18.2 Å². The van der Waals surface area contributed by atoms with E-state index in [0.717, 1.165) is 29.4 Å². The van der Waals surface area contributed by atoms with E-state index in [-0.39, 0.29) is 12.1 Å². The van der Waals surface area contributed by atoms with Gasteiger partial charge in [0, 0.05) is 18.6 Å². The number of aliphatic hydroxyl groups excluding tert-OH is 1. The number of aliphatic hydroxyl groups is 1. The van der Waals surface area contributed by atoms with E-state index in [2.05, 4.69) is 15.5 Å². The molecule has 19 heavy (non-hydrogen) atoms. The van der Waals surface area contributed by atoms with Crippen molar-refractivity contribution in [2.24, 2.45) is 0 Å². The first-order chi connectivity index (χ1) is 9.33. The fraction of sp³-hybridized carbons (Fsp3) is 0.429. The number of rotatable bonds is 3. The summed E-state index contributed by atoms with van der Waals surface area (Å²) in [4.78, 5) is 0. The molecule has 1 aromatic carbocycles. The van der Waals surface area contributed by atoms with Gasteiger partial charge in [0.15, 0.2) is 0 Å². The molecule has 2 aromatic rings. The number of benzene rings is 1. The lowest BCUT2D eigenvalue weighted by molar-refractivity contribution is 0.0380. The summed E-state index contributed by atoms with van der Waals surface area (Å²) in [5, 5.41) is 22.3. The van der Waals surface area contributed by atoms with Crippen LogP contribution < -0.4 is 5.32 Å². The van der Waals surface area contributed by atoms with E-state index in [9.17, 15) is 5.11 Å². The summed E-state index contributed by atoms with van der Waals surface area (Å²) in [6.45, 7) is 1.43. The van der Waals surface area contributed by atoms with Crippen molar-refractivity contribution >= 4 is 16.6 Å². The maximum atomic E-state index is 9.72. The second-order valence-corrected chi connectivity index (χ2v) is 4.95. The van der Waals surface area contributed by atoms with Gasteiger partial charge in [0.2, 0.25) is 0 Å².